The number of rotatable bonds is 3. The monoisotopic (exact) mass is 661 g/mol. The molecule has 0 saturated heterocycles. The van der Waals surface area contributed by atoms with Crippen molar-refractivity contribution in [1.29, 1.82) is 0 Å². The molecule has 1 aliphatic carbocycles. The number of fused-ring (bicyclic) bond motifs is 5. The molecule has 1 aliphatic rings. The summed E-state index contributed by atoms with van der Waals surface area (Å²) in [5.74, 6) is 0. The molecular weight excluding hydrogens is 603 g/mol. The lowest BCUT2D eigenvalue weighted by molar-refractivity contribution is 0.589. The lowest BCUT2D eigenvalue weighted by Crippen LogP contribution is -2.16. The van der Waals surface area contributed by atoms with E-state index in [0.717, 1.165) is 0 Å². The molecule has 260 valence electrons. The molecule has 0 radical (unpaired) electrons. The lowest BCUT2D eigenvalue weighted by Gasteiger charge is -2.31. The molecular formula is C49H59N. The Hall–Kier alpha value is -4.62. The van der Waals surface area contributed by atoms with Gasteiger partial charge in [0.15, 0.2) is 0 Å². The molecule has 0 fully saturated rings. The number of benzene rings is 6. The smallest absolute Gasteiger partial charge is 0.0520 e. The molecule has 0 unspecified atom stereocenters. The molecule has 0 atom stereocenters. The van der Waals surface area contributed by atoms with Crippen LogP contribution in [0.3, 0.4) is 0 Å². The summed E-state index contributed by atoms with van der Waals surface area (Å²) in [5, 5.41) is 2.77. The third-order valence-corrected chi connectivity index (χ3v) is 10.2. The van der Waals surface area contributed by atoms with Gasteiger partial charge in [0, 0.05) is 16.8 Å². The minimum absolute atomic E-state index is 0. The third-order valence-electron chi connectivity index (χ3n) is 10.2. The number of hydrogen-bond acceptors (Lipinski definition) is 1. The molecule has 0 spiro atoms. The summed E-state index contributed by atoms with van der Waals surface area (Å²) in [6.45, 7) is 24.7. The first-order valence-corrected chi connectivity index (χ1v) is 17.4. The van der Waals surface area contributed by atoms with E-state index in [1.54, 1.807) is 0 Å². The summed E-state index contributed by atoms with van der Waals surface area (Å²) in [6.07, 6.45) is 0. The van der Waals surface area contributed by atoms with Crippen LogP contribution < -0.4 is 4.90 Å². The van der Waals surface area contributed by atoms with Gasteiger partial charge >= 0.3 is 0 Å². The van der Waals surface area contributed by atoms with Crippen LogP contribution in [0.5, 0.6) is 0 Å². The maximum absolute atomic E-state index is 2.40. The standard InChI is InChI=1S/C26H31N.C21H20.2CH4/c1-18-8-12-23(13-9-18)27(24-14-10-19(2)11-15-24)25-20(3)16-22(17-21(25)4)26(5,6)7;1-13-9-10-17-18(11-13)21(3,4)19-12-14(2)15-7-5-6-8-16(15)20(17)19;;/h8-17H,1-7H3;5-12H,1-4H3;2*1H4. The second-order valence-electron chi connectivity index (χ2n) is 15.6. The maximum atomic E-state index is 2.40. The zero-order chi connectivity index (χ0) is 34.5. The molecule has 6 aromatic rings. The van der Waals surface area contributed by atoms with Crippen molar-refractivity contribution in [2.75, 3.05) is 4.90 Å². The molecule has 6 aromatic carbocycles. The highest BCUT2D eigenvalue weighted by Crippen LogP contribution is 2.52. The SMILES string of the molecule is C.C.Cc1ccc(N(c2ccc(C)cc2)c2c(C)cc(C(C)(C)C)cc2C)cc1.Cc1ccc2c(c1)C(C)(C)c1cc(C)c3ccccc3c1-2. The summed E-state index contributed by atoms with van der Waals surface area (Å²) in [7, 11) is 0. The van der Waals surface area contributed by atoms with Gasteiger partial charge in [-0.25, -0.2) is 0 Å². The van der Waals surface area contributed by atoms with E-state index in [4.69, 9.17) is 0 Å². The van der Waals surface area contributed by atoms with Gasteiger partial charge in [-0.05, 0) is 127 Å². The molecule has 1 nitrogen and oxygen atoms in total. The first-order chi connectivity index (χ1) is 22.7. The van der Waals surface area contributed by atoms with Crippen molar-refractivity contribution in [3.05, 3.63) is 159 Å². The van der Waals surface area contributed by atoms with E-state index in [-0.39, 0.29) is 25.7 Å². The van der Waals surface area contributed by atoms with E-state index in [0.29, 0.717) is 0 Å². The fourth-order valence-electron chi connectivity index (χ4n) is 7.41. The number of aryl methyl sites for hydroxylation is 6. The van der Waals surface area contributed by atoms with Crippen molar-refractivity contribution in [2.45, 2.75) is 102 Å². The topological polar surface area (TPSA) is 3.24 Å². The van der Waals surface area contributed by atoms with E-state index in [1.807, 2.05) is 0 Å². The third kappa shape index (κ3) is 7.02. The first kappa shape index (κ1) is 38.2. The van der Waals surface area contributed by atoms with Gasteiger partial charge in [0.05, 0.1) is 5.69 Å². The van der Waals surface area contributed by atoms with Crippen LogP contribution >= 0.6 is 0 Å². The van der Waals surface area contributed by atoms with Crippen LogP contribution in [0.15, 0.2) is 109 Å². The van der Waals surface area contributed by atoms with Crippen molar-refractivity contribution in [2.24, 2.45) is 0 Å². The number of anilines is 3. The van der Waals surface area contributed by atoms with Crippen molar-refractivity contribution < 1.29 is 0 Å². The normalized spacial score (nSPS) is 12.5. The van der Waals surface area contributed by atoms with Crippen molar-refractivity contribution in [1.82, 2.24) is 0 Å². The van der Waals surface area contributed by atoms with Crippen molar-refractivity contribution in [3.8, 4) is 11.1 Å². The highest BCUT2D eigenvalue weighted by molar-refractivity contribution is 6.03. The Bertz CT molecular complexity index is 2050. The zero-order valence-electron chi connectivity index (χ0n) is 30.8. The predicted molar refractivity (Wildman–Crippen MR) is 223 cm³/mol. The highest BCUT2D eigenvalue weighted by atomic mass is 15.1. The minimum Gasteiger partial charge on any atom is -0.310 e. The van der Waals surface area contributed by atoms with E-state index in [1.165, 1.54) is 89.0 Å². The maximum Gasteiger partial charge on any atom is 0.0520 e. The number of hydrogen-bond donors (Lipinski definition) is 0. The van der Waals surface area contributed by atoms with Gasteiger partial charge in [0.1, 0.15) is 0 Å². The van der Waals surface area contributed by atoms with Gasteiger partial charge in [-0.3, -0.25) is 0 Å². The van der Waals surface area contributed by atoms with E-state index >= 15 is 0 Å². The Labute approximate surface area is 304 Å². The summed E-state index contributed by atoms with van der Waals surface area (Å²) in [6, 6.07) is 40.4. The fourth-order valence-corrected chi connectivity index (χ4v) is 7.41. The van der Waals surface area contributed by atoms with Crippen LogP contribution in [-0.4, -0.2) is 0 Å². The van der Waals surface area contributed by atoms with Gasteiger partial charge in [-0.15, -0.1) is 0 Å². The Morgan fingerprint density at radius 3 is 1.48 bits per heavy atom. The quantitative estimate of drug-likeness (QED) is 0.182. The lowest BCUT2D eigenvalue weighted by atomic mass is 9.81. The Morgan fingerprint density at radius 1 is 0.500 bits per heavy atom. The minimum atomic E-state index is 0. The summed E-state index contributed by atoms with van der Waals surface area (Å²) >= 11 is 0. The molecule has 1 heteroatoms. The van der Waals surface area contributed by atoms with E-state index < -0.39 is 0 Å². The van der Waals surface area contributed by atoms with Crippen LogP contribution in [0.1, 0.15) is 99.5 Å². The first-order valence-electron chi connectivity index (χ1n) is 17.4. The zero-order valence-corrected chi connectivity index (χ0v) is 30.8. The van der Waals surface area contributed by atoms with Gasteiger partial charge < -0.3 is 4.90 Å². The predicted octanol–water partition coefficient (Wildman–Crippen LogP) is 14.7. The Morgan fingerprint density at radius 2 is 0.980 bits per heavy atom. The summed E-state index contributed by atoms with van der Waals surface area (Å²) in [5.41, 5.74) is 19.0. The summed E-state index contributed by atoms with van der Waals surface area (Å²) < 4.78 is 0. The van der Waals surface area contributed by atoms with Gasteiger partial charge in [0.2, 0.25) is 0 Å². The van der Waals surface area contributed by atoms with Crippen LogP contribution in [0, 0.1) is 41.5 Å². The van der Waals surface area contributed by atoms with E-state index in [9.17, 15) is 0 Å². The van der Waals surface area contributed by atoms with Crippen LogP contribution in [0.2, 0.25) is 0 Å². The molecule has 0 saturated carbocycles. The molecule has 0 heterocycles. The Kier molecular flexibility index (Phi) is 10.9. The van der Waals surface area contributed by atoms with Crippen LogP contribution in [0.25, 0.3) is 21.9 Å². The molecule has 0 N–H and O–H groups in total. The number of nitrogens with zero attached hydrogens (tertiary/aromatic N) is 1. The van der Waals surface area contributed by atoms with Crippen LogP contribution in [-0.2, 0) is 10.8 Å². The fraction of sp³-hybridized carbons (Fsp3) is 0.306. The van der Waals surface area contributed by atoms with Crippen molar-refractivity contribution >= 4 is 27.8 Å². The average Bonchev–Trinajstić information content (AvgIpc) is 3.25. The molecule has 0 aliphatic heterocycles. The molecule has 0 amide bonds. The van der Waals surface area contributed by atoms with Crippen LogP contribution in [0.4, 0.5) is 17.1 Å². The largest absolute Gasteiger partial charge is 0.310 e. The average molecular weight is 662 g/mol. The molecule has 0 aromatic heterocycles. The molecule has 50 heavy (non-hydrogen) atoms. The molecule has 0 bridgehead atoms. The summed E-state index contributed by atoms with van der Waals surface area (Å²) in [4.78, 5) is 2.38. The van der Waals surface area contributed by atoms with Gasteiger partial charge in [-0.2, -0.15) is 0 Å². The van der Waals surface area contributed by atoms with Gasteiger partial charge in [0.25, 0.3) is 0 Å². The van der Waals surface area contributed by atoms with Gasteiger partial charge in [-0.1, -0.05) is 151 Å². The molecule has 7 rings (SSSR count). The van der Waals surface area contributed by atoms with Crippen molar-refractivity contribution in [3.63, 3.8) is 0 Å². The van der Waals surface area contributed by atoms with E-state index in [2.05, 4.69) is 190 Å². The highest BCUT2D eigenvalue weighted by Gasteiger charge is 2.36. The second-order valence-corrected chi connectivity index (χ2v) is 15.6. The second kappa shape index (κ2) is 14.3. The Balaban J connectivity index is 0.000000221.